The normalized spacial score (nSPS) is 15.9. The van der Waals surface area contributed by atoms with Crippen LogP contribution in [0.4, 0.5) is 0 Å². The van der Waals surface area contributed by atoms with E-state index in [1.165, 1.54) is 4.31 Å². The van der Waals surface area contributed by atoms with Crippen LogP contribution in [0, 0.1) is 5.92 Å². The molecule has 180 valence electrons. The van der Waals surface area contributed by atoms with Gasteiger partial charge in [0.2, 0.25) is 15.9 Å². The Morgan fingerprint density at radius 3 is 2.45 bits per heavy atom. The molecule has 0 saturated carbocycles. The van der Waals surface area contributed by atoms with Gasteiger partial charge in [0.15, 0.2) is 0 Å². The van der Waals surface area contributed by atoms with Crippen LogP contribution in [0.3, 0.4) is 0 Å². The zero-order valence-corrected chi connectivity index (χ0v) is 20.4. The second-order valence-corrected chi connectivity index (χ2v) is 10.6. The molecule has 2 aromatic carbocycles. The molecular weight excluding hydrogens is 440 g/mol. The van der Waals surface area contributed by atoms with Gasteiger partial charge in [-0.25, -0.2) is 8.42 Å². The second-order valence-electron chi connectivity index (χ2n) is 8.65. The third kappa shape index (κ3) is 6.79. The Morgan fingerprint density at radius 2 is 1.82 bits per heavy atom. The molecule has 8 heteroatoms. The van der Waals surface area contributed by atoms with Crippen LogP contribution in [0.25, 0.3) is 0 Å². The van der Waals surface area contributed by atoms with E-state index in [0.29, 0.717) is 50.0 Å². The minimum absolute atomic E-state index is 0.0615. The monoisotopic (exact) mass is 474 g/mol. The van der Waals surface area contributed by atoms with Crippen molar-refractivity contribution in [1.29, 1.82) is 0 Å². The Hall–Kier alpha value is -2.42. The fourth-order valence-electron chi connectivity index (χ4n) is 4.00. The van der Waals surface area contributed by atoms with E-state index >= 15 is 0 Å². The van der Waals surface area contributed by atoms with Crippen molar-refractivity contribution in [2.75, 3.05) is 33.4 Å². The molecule has 0 bridgehead atoms. The topological polar surface area (TPSA) is 84.9 Å². The van der Waals surface area contributed by atoms with Crippen molar-refractivity contribution in [3.8, 4) is 5.75 Å². The van der Waals surface area contributed by atoms with Crippen molar-refractivity contribution in [2.24, 2.45) is 5.92 Å². The van der Waals surface area contributed by atoms with Crippen LogP contribution in [0.15, 0.2) is 53.4 Å². The average Bonchev–Trinajstić information content (AvgIpc) is 2.83. The van der Waals surface area contributed by atoms with E-state index in [1.54, 1.807) is 25.3 Å². The van der Waals surface area contributed by atoms with Gasteiger partial charge in [0.25, 0.3) is 0 Å². The summed E-state index contributed by atoms with van der Waals surface area (Å²) in [5.74, 6) is 0.927. The summed E-state index contributed by atoms with van der Waals surface area (Å²) in [6.07, 6.45) is 1.45. The van der Waals surface area contributed by atoms with Gasteiger partial charge < -0.3 is 14.8 Å². The van der Waals surface area contributed by atoms with Gasteiger partial charge in [-0.05, 0) is 48.1 Å². The molecule has 1 aliphatic heterocycles. The van der Waals surface area contributed by atoms with Crippen LogP contribution in [-0.2, 0) is 26.0 Å². The van der Waals surface area contributed by atoms with Crippen LogP contribution in [-0.4, -0.2) is 52.0 Å². The molecular formula is C25H34N2O5S. The van der Waals surface area contributed by atoms with Crippen LogP contribution >= 0.6 is 0 Å². The third-order valence-electron chi connectivity index (χ3n) is 5.73. The summed E-state index contributed by atoms with van der Waals surface area (Å²) in [6, 6.07) is 14.7. The molecule has 1 N–H and O–H groups in total. The molecule has 0 spiro atoms. The lowest BCUT2D eigenvalue weighted by atomic mass is 9.96. The van der Waals surface area contributed by atoms with E-state index < -0.39 is 10.0 Å². The number of sulfonamides is 1. The molecule has 0 unspecified atom stereocenters. The van der Waals surface area contributed by atoms with Gasteiger partial charge in [-0.1, -0.05) is 44.2 Å². The SMILES string of the molecule is COc1ccc(S(=O)(=O)N2CCOCC2)cc1CCC(=O)N[C@@H](CC(C)C)c1ccccc1. The summed E-state index contributed by atoms with van der Waals surface area (Å²) < 4.78 is 38.2. The summed E-state index contributed by atoms with van der Waals surface area (Å²) in [6.45, 7) is 5.72. The fourth-order valence-corrected chi connectivity index (χ4v) is 5.46. The predicted octanol–water partition coefficient (Wildman–Crippen LogP) is 3.55. The molecule has 1 heterocycles. The number of carbonyl (C=O) groups is 1. The van der Waals surface area contributed by atoms with Gasteiger partial charge in [-0.3, -0.25) is 4.79 Å². The van der Waals surface area contributed by atoms with Crippen LogP contribution in [0.5, 0.6) is 5.75 Å². The number of morpholine rings is 1. The average molecular weight is 475 g/mol. The van der Waals surface area contributed by atoms with Gasteiger partial charge in [0.1, 0.15) is 5.75 Å². The molecule has 1 aliphatic rings. The molecule has 1 atom stereocenters. The van der Waals surface area contributed by atoms with E-state index in [0.717, 1.165) is 12.0 Å². The van der Waals surface area contributed by atoms with Crippen LogP contribution in [0.2, 0.25) is 0 Å². The number of rotatable bonds is 10. The van der Waals surface area contributed by atoms with Crippen molar-refractivity contribution in [2.45, 2.75) is 44.0 Å². The highest BCUT2D eigenvalue weighted by Gasteiger charge is 2.27. The van der Waals surface area contributed by atoms with Crippen LogP contribution in [0.1, 0.15) is 43.9 Å². The number of amides is 1. The molecule has 1 fully saturated rings. The number of nitrogens with one attached hydrogen (secondary N) is 1. The Morgan fingerprint density at radius 1 is 1.12 bits per heavy atom. The standard InChI is InChI=1S/C25H34N2O5S/c1-19(2)17-23(20-7-5-4-6-8-20)26-25(28)12-9-21-18-22(10-11-24(21)31-3)33(29,30)27-13-15-32-16-14-27/h4-8,10-11,18-19,23H,9,12-17H2,1-3H3,(H,26,28)/t23-/m0/s1. The number of nitrogens with zero attached hydrogens (tertiary/aromatic N) is 1. The first-order valence-corrected chi connectivity index (χ1v) is 12.8. The van der Waals surface area contributed by atoms with Gasteiger partial charge in [0.05, 0.1) is 31.3 Å². The van der Waals surface area contributed by atoms with E-state index in [2.05, 4.69) is 19.2 Å². The number of carbonyl (C=O) groups excluding carboxylic acids is 1. The first-order chi connectivity index (χ1) is 15.8. The lowest BCUT2D eigenvalue weighted by Crippen LogP contribution is -2.40. The predicted molar refractivity (Wildman–Crippen MR) is 128 cm³/mol. The number of hydrogen-bond acceptors (Lipinski definition) is 5. The zero-order chi connectivity index (χ0) is 23.8. The van der Waals surface area contributed by atoms with Crippen molar-refractivity contribution in [3.05, 3.63) is 59.7 Å². The molecule has 0 aliphatic carbocycles. The Labute approximate surface area is 197 Å². The summed E-state index contributed by atoms with van der Waals surface area (Å²) in [5.41, 5.74) is 1.78. The molecule has 0 radical (unpaired) electrons. The first kappa shape index (κ1) is 25.2. The molecule has 2 aromatic rings. The van der Waals surface area contributed by atoms with Crippen molar-refractivity contribution in [3.63, 3.8) is 0 Å². The molecule has 0 aromatic heterocycles. The Kier molecular flexibility index (Phi) is 8.88. The van der Waals surface area contributed by atoms with Gasteiger partial charge in [-0.15, -0.1) is 0 Å². The summed E-state index contributed by atoms with van der Waals surface area (Å²) in [7, 11) is -2.07. The number of benzene rings is 2. The Bertz CT molecular complexity index is 1020. The third-order valence-corrected chi connectivity index (χ3v) is 7.62. The summed E-state index contributed by atoms with van der Waals surface area (Å²) >= 11 is 0. The maximum atomic E-state index is 13.0. The molecule has 7 nitrogen and oxygen atoms in total. The zero-order valence-electron chi connectivity index (χ0n) is 19.6. The highest BCUT2D eigenvalue weighted by Crippen LogP contribution is 2.27. The highest BCUT2D eigenvalue weighted by molar-refractivity contribution is 7.89. The van der Waals surface area contributed by atoms with Gasteiger partial charge in [0, 0.05) is 19.5 Å². The highest BCUT2D eigenvalue weighted by atomic mass is 32.2. The minimum atomic E-state index is -3.62. The van der Waals surface area contributed by atoms with Crippen molar-refractivity contribution in [1.82, 2.24) is 9.62 Å². The lowest BCUT2D eigenvalue weighted by molar-refractivity contribution is -0.121. The molecule has 33 heavy (non-hydrogen) atoms. The van der Waals surface area contributed by atoms with Crippen LogP contribution < -0.4 is 10.1 Å². The van der Waals surface area contributed by atoms with E-state index in [9.17, 15) is 13.2 Å². The molecule has 1 amide bonds. The molecule has 1 saturated heterocycles. The minimum Gasteiger partial charge on any atom is -0.496 e. The van der Waals surface area contributed by atoms with E-state index in [-0.39, 0.29) is 23.3 Å². The second kappa shape index (κ2) is 11.6. The van der Waals surface area contributed by atoms with E-state index in [4.69, 9.17) is 9.47 Å². The number of aryl methyl sites for hydroxylation is 1. The fraction of sp³-hybridized carbons (Fsp3) is 0.480. The number of ether oxygens (including phenoxy) is 2. The number of methoxy groups -OCH3 is 1. The first-order valence-electron chi connectivity index (χ1n) is 11.4. The maximum Gasteiger partial charge on any atom is 0.243 e. The Balaban J connectivity index is 1.71. The largest absolute Gasteiger partial charge is 0.496 e. The quantitative estimate of drug-likeness (QED) is 0.569. The van der Waals surface area contributed by atoms with Gasteiger partial charge >= 0.3 is 0 Å². The summed E-state index contributed by atoms with van der Waals surface area (Å²) in [5, 5.41) is 3.15. The van der Waals surface area contributed by atoms with Gasteiger partial charge in [-0.2, -0.15) is 4.31 Å². The smallest absolute Gasteiger partial charge is 0.243 e. The number of hydrogen-bond donors (Lipinski definition) is 1. The molecule has 3 rings (SSSR count). The summed E-state index contributed by atoms with van der Waals surface area (Å²) in [4.78, 5) is 13.0. The van der Waals surface area contributed by atoms with Crippen molar-refractivity contribution >= 4 is 15.9 Å². The van der Waals surface area contributed by atoms with E-state index in [1.807, 2.05) is 30.3 Å². The van der Waals surface area contributed by atoms with Crippen molar-refractivity contribution < 1.29 is 22.7 Å². The lowest BCUT2D eigenvalue weighted by Gasteiger charge is -2.26. The maximum absolute atomic E-state index is 13.0.